The van der Waals surface area contributed by atoms with Crippen molar-refractivity contribution in [3.63, 3.8) is 0 Å². The summed E-state index contributed by atoms with van der Waals surface area (Å²) in [6.45, 7) is 3.68. The molecule has 0 heterocycles. The van der Waals surface area contributed by atoms with E-state index in [9.17, 15) is 5.11 Å². The first kappa shape index (κ1) is 12.2. The highest BCUT2D eigenvalue weighted by Gasteiger charge is 2.21. The first-order chi connectivity index (χ1) is 9.05. The number of rotatable bonds is 1. The summed E-state index contributed by atoms with van der Waals surface area (Å²) >= 11 is 0. The SMILES string of the molecule is CC(C)(O)c1cccc2c1C=Cc1ccccc1C2. The molecule has 1 nitrogen and oxygen atoms in total. The Kier molecular flexibility index (Phi) is 2.79. The largest absolute Gasteiger partial charge is 0.386 e. The monoisotopic (exact) mass is 250 g/mol. The van der Waals surface area contributed by atoms with Gasteiger partial charge in [-0.1, -0.05) is 54.6 Å². The Morgan fingerprint density at radius 3 is 2.42 bits per heavy atom. The summed E-state index contributed by atoms with van der Waals surface area (Å²) in [6.07, 6.45) is 5.20. The average Bonchev–Trinajstić information content (AvgIpc) is 2.55. The summed E-state index contributed by atoms with van der Waals surface area (Å²) in [5.74, 6) is 0. The van der Waals surface area contributed by atoms with Crippen LogP contribution >= 0.6 is 0 Å². The van der Waals surface area contributed by atoms with Gasteiger partial charge in [-0.2, -0.15) is 0 Å². The molecule has 2 aromatic rings. The fourth-order valence-electron chi connectivity index (χ4n) is 2.73. The summed E-state index contributed by atoms with van der Waals surface area (Å²) in [7, 11) is 0. The molecular formula is C18H18O. The van der Waals surface area contributed by atoms with E-state index in [2.05, 4.69) is 42.5 Å². The van der Waals surface area contributed by atoms with E-state index in [1.165, 1.54) is 16.7 Å². The summed E-state index contributed by atoms with van der Waals surface area (Å²) < 4.78 is 0. The topological polar surface area (TPSA) is 20.2 Å². The van der Waals surface area contributed by atoms with Crippen molar-refractivity contribution in [3.8, 4) is 0 Å². The normalized spacial score (nSPS) is 13.6. The van der Waals surface area contributed by atoms with Gasteiger partial charge >= 0.3 is 0 Å². The highest BCUT2D eigenvalue weighted by atomic mass is 16.3. The van der Waals surface area contributed by atoms with Gasteiger partial charge in [-0.05, 0) is 48.1 Å². The van der Waals surface area contributed by atoms with Crippen molar-refractivity contribution in [3.05, 3.63) is 70.3 Å². The number of fused-ring (bicyclic) bond motifs is 2. The van der Waals surface area contributed by atoms with Crippen LogP contribution < -0.4 is 0 Å². The van der Waals surface area contributed by atoms with Crippen LogP contribution in [0.3, 0.4) is 0 Å². The molecule has 19 heavy (non-hydrogen) atoms. The quantitative estimate of drug-likeness (QED) is 0.692. The molecule has 0 atom stereocenters. The zero-order chi connectivity index (χ0) is 13.5. The molecule has 0 radical (unpaired) electrons. The minimum atomic E-state index is -0.813. The van der Waals surface area contributed by atoms with Gasteiger partial charge in [0.2, 0.25) is 0 Å². The molecule has 1 aliphatic rings. The number of hydrogen-bond acceptors (Lipinski definition) is 1. The zero-order valence-corrected chi connectivity index (χ0v) is 11.4. The number of aliphatic hydroxyl groups is 1. The van der Waals surface area contributed by atoms with Crippen LogP contribution in [0.4, 0.5) is 0 Å². The molecule has 3 rings (SSSR count). The molecule has 0 spiro atoms. The van der Waals surface area contributed by atoms with Crippen LogP contribution in [-0.4, -0.2) is 5.11 Å². The Morgan fingerprint density at radius 1 is 0.895 bits per heavy atom. The van der Waals surface area contributed by atoms with Gasteiger partial charge in [-0.3, -0.25) is 0 Å². The second-order valence-electron chi connectivity index (χ2n) is 5.65. The average molecular weight is 250 g/mol. The van der Waals surface area contributed by atoms with Gasteiger partial charge in [0, 0.05) is 0 Å². The maximum Gasteiger partial charge on any atom is 0.0846 e. The second-order valence-corrected chi connectivity index (χ2v) is 5.65. The van der Waals surface area contributed by atoms with Crippen molar-refractivity contribution >= 4 is 12.2 Å². The van der Waals surface area contributed by atoms with E-state index in [1.807, 2.05) is 26.0 Å². The highest BCUT2D eigenvalue weighted by molar-refractivity contribution is 5.77. The molecule has 0 unspecified atom stereocenters. The van der Waals surface area contributed by atoms with E-state index in [4.69, 9.17) is 0 Å². The Morgan fingerprint density at radius 2 is 1.63 bits per heavy atom. The molecule has 0 saturated heterocycles. The molecule has 0 aromatic heterocycles. The van der Waals surface area contributed by atoms with Gasteiger partial charge in [0.15, 0.2) is 0 Å². The van der Waals surface area contributed by atoms with Crippen molar-refractivity contribution < 1.29 is 5.11 Å². The maximum atomic E-state index is 10.3. The predicted octanol–water partition coefficient (Wildman–Crippen LogP) is 3.99. The molecule has 1 heteroatoms. The first-order valence-corrected chi connectivity index (χ1v) is 6.66. The molecule has 96 valence electrons. The van der Waals surface area contributed by atoms with Crippen LogP contribution in [0.5, 0.6) is 0 Å². The summed E-state index contributed by atoms with van der Waals surface area (Å²) in [6, 6.07) is 14.7. The molecule has 0 saturated carbocycles. The van der Waals surface area contributed by atoms with E-state index in [0.717, 1.165) is 17.5 Å². The van der Waals surface area contributed by atoms with Gasteiger partial charge in [0.25, 0.3) is 0 Å². The number of hydrogen-bond donors (Lipinski definition) is 1. The molecular weight excluding hydrogens is 232 g/mol. The van der Waals surface area contributed by atoms with Crippen molar-refractivity contribution in [2.24, 2.45) is 0 Å². The molecule has 1 N–H and O–H groups in total. The van der Waals surface area contributed by atoms with Gasteiger partial charge in [-0.15, -0.1) is 0 Å². The lowest BCUT2D eigenvalue weighted by Gasteiger charge is -2.22. The maximum absolute atomic E-state index is 10.3. The molecule has 1 aliphatic carbocycles. The van der Waals surface area contributed by atoms with Gasteiger partial charge in [0.05, 0.1) is 5.60 Å². The van der Waals surface area contributed by atoms with Crippen molar-refractivity contribution in [2.45, 2.75) is 25.9 Å². The molecule has 2 aromatic carbocycles. The minimum absolute atomic E-state index is 0.813. The summed E-state index contributed by atoms with van der Waals surface area (Å²) in [5, 5.41) is 10.3. The van der Waals surface area contributed by atoms with Crippen LogP contribution in [-0.2, 0) is 12.0 Å². The predicted molar refractivity (Wildman–Crippen MR) is 79.9 cm³/mol. The van der Waals surface area contributed by atoms with Crippen LogP contribution in [0.1, 0.15) is 41.7 Å². The van der Waals surface area contributed by atoms with E-state index >= 15 is 0 Å². The third-order valence-corrected chi connectivity index (χ3v) is 3.72. The van der Waals surface area contributed by atoms with Gasteiger partial charge < -0.3 is 5.11 Å². The lowest BCUT2D eigenvalue weighted by Crippen LogP contribution is -2.17. The third-order valence-electron chi connectivity index (χ3n) is 3.72. The molecule has 0 fully saturated rings. The summed E-state index contributed by atoms with van der Waals surface area (Å²) in [5.41, 5.74) is 5.22. The minimum Gasteiger partial charge on any atom is -0.386 e. The lowest BCUT2D eigenvalue weighted by molar-refractivity contribution is 0.0783. The lowest BCUT2D eigenvalue weighted by atomic mass is 9.89. The standard InChI is InChI=1S/C18H18O/c1-18(2,19)17-9-5-8-15-12-14-7-4-3-6-13(14)10-11-16(15)17/h3-11,19H,12H2,1-2H3. The van der Waals surface area contributed by atoms with E-state index in [1.54, 1.807) is 0 Å². The second kappa shape index (κ2) is 4.36. The number of benzene rings is 2. The highest BCUT2D eigenvalue weighted by Crippen LogP contribution is 2.32. The van der Waals surface area contributed by atoms with Crippen LogP contribution in [0.15, 0.2) is 42.5 Å². The summed E-state index contributed by atoms with van der Waals surface area (Å²) in [4.78, 5) is 0. The zero-order valence-electron chi connectivity index (χ0n) is 11.4. The Labute approximate surface area is 114 Å². The van der Waals surface area contributed by atoms with Crippen LogP contribution in [0.25, 0.3) is 12.2 Å². The molecule has 0 amide bonds. The van der Waals surface area contributed by atoms with Gasteiger partial charge in [-0.25, -0.2) is 0 Å². The van der Waals surface area contributed by atoms with E-state index < -0.39 is 5.60 Å². The van der Waals surface area contributed by atoms with Crippen LogP contribution in [0.2, 0.25) is 0 Å². The fourth-order valence-corrected chi connectivity index (χ4v) is 2.73. The van der Waals surface area contributed by atoms with Crippen molar-refractivity contribution in [1.82, 2.24) is 0 Å². The fraction of sp³-hybridized carbons (Fsp3) is 0.222. The van der Waals surface area contributed by atoms with E-state index in [0.29, 0.717) is 0 Å². The Bertz CT molecular complexity index is 645. The third kappa shape index (κ3) is 2.22. The van der Waals surface area contributed by atoms with Crippen LogP contribution in [0, 0.1) is 0 Å². The Hall–Kier alpha value is -1.86. The molecule has 0 aliphatic heterocycles. The van der Waals surface area contributed by atoms with Gasteiger partial charge in [0.1, 0.15) is 0 Å². The first-order valence-electron chi connectivity index (χ1n) is 6.66. The smallest absolute Gasteiger partial charge is 0.0846 e. The van der Waals surface area contributed by atoms with Crippen molar-refractivity contribution in [1.29, 1.82) is 0 Å². The van der Waals surface area contributed by atoms with E-state index in [-0.39, 0.29) is 0 Å². The molecule has 0 bridgehead atoms. The Balaban J connectivity index is 2.19. The van der Waals surface area contributed by atoms with Crippen molar-refractivity contribution in [2.75, 3.05) is 0 Å².